The van der Waals surface area contributed by atoms with Crippen LogP contribution in [0.5, 0.6) is 5.75 Å². The van der Waals surface area contributed by atoms with Crippen LogP contribution in [0, 0.1) is 0 Å². The first-order valence-electron chi connectivity index (χ1n) is 12.7. The number of ketones is 1. The normalized spacial score (nSPS) is 16.0. The predicted molar refractivity (Wildman–Crippen MR) is 145 cm³/mol. The number of benzene rings is 2. The minimum absolute atomic E-state index is 0.0826. The van der Waals surface area contributed by atoms with Crippen molar-refractivity contribution in [2.75, 3.05) is 32.8 Å². The van der Waals surface area contributed by atoms with E-state index in [1.807, 2.05) is 35.8 Å². The molecule has 1 unspecified atom stereocenters. The standard InChI is InChI=1S/C28H31ClN4O5/c1-3-23(33-16-22(18(2)34)20-7-4-5-8-24(20)33)28(37)32-13-6-11-31-27(36)21-15-19(29)9-10-25(21)38-14-12-30-26(35)17-32/h4-5,7-10,15-16,23H,3,6,11-14,17H2,1-2H3,(H,30,35)(H,31,36). The number of nitrogens with zero attached hydrogens (tertiary/aromatic N) is 2. The Morgan fingerprint density at radius 3 is 2.66 bits per heavy atom. The van der Waals surface area contributed by atoms with Crippen LogP contribution in [0.15, 0.2) is 48.7 Å². The molecule has 38 heavy (non-hydrogen) atoms. The number of hydrogen-bond acceptors (Lipinski definition) is 5. The van der Waals surface area contributed by atoms with Gasteiger partial charge in [0.1, 0.15) is 18.4 Å². The molecule has 0 fully saturated rings. The molecule has 0 saturated heterocycles. The molecule has 200 valence electrons. The van der Waals surface area contributed by atoms with Gasteiger partial charge in [0, 0.05) is 40.8 Å². The second-order valence-electron chi connectivity index (χ2n) is 9.16. The van der Waals surface area contributed by atoms with Crippen LogP contribution in [0.2, 0.25) is 5.02 Å². The average Bonchev–Trinajstić information content (AvgIpc) is 3.28. The molecule has 1 aliphatic rings. The molecule has 0 aliphatic carbocycles. The Morgan fingerprint density at radius 2 is 1.89 bits per heavy atom. The van der Waals surface area contributed by atoms with E-state index in [-0.39, 0.29) is 56.3 Å². The smallest absolute Gasteiger partial charge is 0.255 e. The van der Waals surface area contributed by atoms with Crippen molar-refractivity contribution in [3.05, 3.63) is 64.8 Å². The Hall–Kier alpha value is -3.85. The summed E-state index contributed by atoms with van der Waals surface area (Å²) in [5.41, 5.74) is 1.64. The number of para-hydroxylation sites is 1. The third-order valence-electron chi connectivity index (χ3n) is 6.53. The van der Waals surface area contributed by atoms with Crippen LogP contribution in [0.25, 0.3) is 10.9 Å². The Bertz CT molecular complexity index is 1370. The van der Waals surface area contributed by atoms with E-state index in [4.69, 9.17) is 16.3 Å². The van der Waals surface area contributed by atoms with Crippen molar-refractivity contribution in [2.45, 2.75) is 32.7 Å². The van der Waals surface area contributed by atoms with Crippen molar-refractivity contribution >= 4 is 46.0 Å². The topological polar surface area (TPSA) is 110 Å². The number of hydrogen-bond donors (Lipinski definition) is 2. The number of carbonyl (C=O) groups excluding carboxylic acids is 4. The molecule has 2 aromatic carbocycles. The van der Waals surface area contributed by atoms with E-state index in [9.17, 15) is 19.2 Å². The van der Waals surface area contributed by atoms with Crippen LogP contribution in [-0.4, -0.2) is 65.8 Å². The van der Waals surface area contributed by atoms with E-state index in [2.05, 4.69) is 10.6 Å². The van der Waals surface area contributed by atoms with Crippen LogP contribution in [0.4, 0.5) is 0 Å². The fourth-order valence-corrected chi connectivity index (χ4v) is 4.84. The number of carbonyl (C=O) groups is 4. The van der Waals surface area contributed by atoms with Gasteiger partial charge in [-0.2, -0.15) is 0 Å². The number of amides is 3. The van der Waals surface area contributed by atoms with Crippen LogP contribution in [0.3, 0.4) is 0 Å². The highest BCUT2D eigenvalue weighted by molar-refractivity contribution is 6.31. The quantitative estimate of drug-likeness (QED) is 0.493. The SMILES string of the molecule is CCC(C(=O)N1CCCNC(=O)c2cc(Cl)ccc2OCCNC(=O)C1)n1cc(C(C)=O)c2ccccc21. The molecule has 9 nitrogen and oxygen atoms in total. The van der Waals surface area contributed by atoms with Crippen molar-refractivity contribution in [3.8, 4) is 5.75 Å². The Labute approximate surface area is 226 Å². The molecule has 0 saturated carbocycles. The predicted octanol–water partition coefficient (Wildman–Crippen LogP) is 3.61. The lowest BCUT2D eigenvalue weighted by molar-refractivity contribution is -0.139. The van der Waals surface area contributed by atoms with Gasteiger partial charge in [0.15, 0.2) is 5.78 Å². The molecule has 4 rings (SSSR count). The molecular weight excluding hydrogens is 508 g/mol. The fraction of sp³-hybridized carbons (Fsp3) is 0.357. The number of halogens is 1. The van der Waals surface area contributed by atoms with Gasteiger partial charge < -0.3 is 24.8 Å². The summed E-state index contributed by atoms with van der Waals surface area (Å²) >= 11 is 6.08. The monoisotopic (exact) mass is 538 g/mol. The van der Waals surface area contributed by atoms with Crippen molar-refractivity contribution in [1.29, 1.82) is 0 Å². The van der Waals surface area contributed by atoms with Gasteiger partial charge in [-0.25, -0.2) is 0 Å². The van der Waals surface area contributed by atoms with Gasteiger partial charge in [0.05, 0.1) is 18.7 Å². The average molecular weight is 539 g/mol. The highest BCUT2D eigenvalue weighted by Gasteiger charge is 2.28. The summed E-state index contributed by atoms with van der Waals surface area (Å²) in [7, 11) is 0. The largest absolute Gasteiger partial charge is 0.491 e. The molecular formula is C28H31ClN4O5. The molecule has 2 heterocycles. The number of nitrogens with one attached hydrogen (secondary N) is 2. The third kappa shape index (κ3) is 5.99. The number of ether oxygens (including phenoxy) is 1. The van der Waals surface area contributed by atoms with Crippen molar-refractivity contribution < 1.29 is 23.9 Å². The van der Waals surface area contributed by atoms with Crippen molar-refractivity contribution in [2.24, 2.45) is 0 Å². The first-order valence-corrected chi connectivity index (χ1v) is 13.0. The second-order valence-corrected chi connectivity index (χ2v) is 9.59. The maximum Gasteiger partial charge on any atom is 0.255 e. The van der Waals surface area contributed by atoms with E-state index in [1.165, 1.54) is 17.9 Å². The minimum atomic E-state index is -0.605. The van der Waals surface area contributed by atoms with Gasteiger partial charge >= 0.3 is 0 Å². The summed E-state index contributed by atoms with van der Waals surface area (Å²) in [6.07, 6.45) is 2.63. The van der Waals surface area contributed by atoms with Crippen molar-refractivity contribution in [1.82, 2.24) is 20.1 Å². The molecule has 3 aromatic rings. The Kier molecular flexibility index (Phi) is 8.68. The lowest BCUT2D eigenvalue weighted by Crippen LogP contribution is -2.45. The van der Waals surface area contributed by atoms with Crippen LogP contribution in [-0.2, 0) is 9.59 Å². The number of Topliss-reactive ketones (excluding diaryl/α,β-unsaturated/α-hetero) is 1. The van der Waals surface area contributed by atoms with Crippen molar-refractivity contribution in [3.63, 3.8) is 0 Å². The molecule has 3 amide bonds. The molecule has 0 radical (unpaired) electrons. The van der Waals surface area contributed by atoms with E-state index in [0.717, 1.165) is 10.9 Å². The fourth-order valence-electron chi connectivity index (χ4n) is 4.66. The van der Waals surface area contributed by atoms with Gasteiger partial charge in [0.25, 0.3) is 5.91 Å². The number of rotatable bonds is 4. The lowest BCUT2D eigenvalue weighted by Gasteiger charge is -2.28. The lowest BCUT2D eigenvalue weighted by atomic mass is 10.1. The van der Waals surface area contributed by atoms with Crippen LogP contribution < -0.4 is 15.4 Å². The van der Waals surface area contributed by atoms with Gasteiger partial charge in [-0.15, -0.1) is 0 Å². The zero-order valence-electron chi connectivity index (χ0n) is 21.5. The first-order chi connectivity index (χ1) is 18.3. The molecule has 2 N–H and O–H groups in total. The summed E-state index contributed by atoms with van der Waals surface area (Å²) in [6, 6.07) is 11.7. The van der Waals surface area contributed by atoms with Crippen LogP contribution in [0.1, 0.15) is 53.4 Å². The summed E-state index contributed by atoms with van der Waals surface area (Å²) in [5.74, 6) is -0.574. The molecule has 1 aliphatic heterocycles. The summed E-state index contributed by atoms with van der Waals surface area (Å²) in [5, 5.41) is 6.82. The first kappa shape index (κ1) is 27.2. The van der Waals surface area contributed by atoms with E-state index in [0.29, 0.717) is 34.7 Å². The molecule has 1 atom stereocenters. The van der Waals surface area contributed by atoms with E-state index < -0.39 is 6.04 Å². The molecule has 0 spiro atoms. The Balaban J connectivity index is 1.57. The van der Waals surface area contributed by atoms with Gasteiger partial charge in [-0.1, -0.05) is 36.7 Å². The summed E-state index contributed by atoms with van der Waals surface area (Å²) in [4.78, 5) is 53.1. The third-order valence-corrected chi connectivity index (χ3v) is 6.77. The zero-order chi connectivity index (χ0) is 27.2. The van der Waals surface area contributed by atoms with E-state index in [1.54, 1.807) is 18.3 Å². The second kappa shape index (κ2) is 12.1. The number of fused-ring (bicyclic) bond motifs is 2. The highest BCUT2D eigenvalue weighted by Crippen LogP contribution is 2.28. The van der Waals surface area contributed by atoms with Gasteiger partial charge in [0.2, 0.25) is 11.8 Å². The highest BCUT2D eigenvalue weighted by atomic mass is 35.5. The maximum atomic E-state index is 13.8. The van der Waals surface area contributed by atoms with Gasteiger partial charge in [-0.3, -0.25) is 19.2 Å². The molecule has 0 bridgehead atoms. The number of aromatic nitrogens is 1. The maximum absolute atomic E-state index is 13.8. The zero-order valence-corrected chi connectivity index (χ0v) is 22.2. The summed E-state index contributed by atoms with van der Waals surface area (Å²) < 4.78 is 7.54. The van der Waals surface area contributed by atoms with Gasteiger partial charge in [-0.05, 0) is 44.0 Å². The van der Waals surface area contributed by atoms with Crippen LogP contribution >= 0.6 is 11.6 Å². The molecule has 10 heteroatoms. The Morgan fingerprint density at radius 1 is 1.11 bits per heavy atom. The van der Waals surface area contributed by atoms with E-state index >= 15 is 0 Å². The minimum Gasteiger partial charge on any atom is -0.491 e. The molecule has 1 aromatic heterocycles. The summed E-state index contributed by atoms with van der Waals surface area (Å²) in [6.45, 7) is 4.16.